The first-order chi connectivity index (χ1) is 8.42. The predicted molar refractivity (Wildman–Crippen MR) is 59.4 cm³/mol. The number of pyridine rings is 1. The fourth-order valence-corrected chi connectivity index (χ4v) is 1.82. The maximum absolute atomic E-state index is 12.5. The van der Waals surface area contributed by atoms with E-state index in [2.05, 4.69) is 4.98 Å². The summed E-state index contributed by atoms with van der Waals surface area (Å²) in [6.07, 6.45) is -4.29. The van der Waals surface area contributed by atoms with Crippen LogP contribution in [0.4, 0.5) is 24.7 Å². The van der Waals surface area contributed by atoms with Gasteiger partial charge in [0.25, 0.3) is 0 Å². The van der Waals surface area contributed by atoms with Crippen molar-refractivity contribution in [2.24, 2.45) is 0 Å². The van der Waals surface area contributed by atoms with Crippen molar-refractivity contribution in [1.29, 1.82) is 0 Å². The average Bonchev–Trinajstić information content (AvgIpc) is 2.11. The smallest absolute Gasteiger partial charge is 0.262 e. The van der Waals surface area contributed by atoms with Crippen molar-refractivity contribution >= 4 is 33.1 Å². The van der Waals surface area contributed by atoms with E-state index < -0.39 is 43.3 Å². The molecule has 0 amide bonds. The van der Waals surface area contributed by atoms with Crippen LogP contribution < -0.4 is 4.72 Å². The minimum atomic E-state index is -4.95. The second kappa shape index (κ2) is 4.81. The maximum Gasteiger partial charge on any atom is 0.419 e. The zero-order valence-electron chi connectivity index (χ0n) is 9.02. The standard InChI is InChI=1S/C7H5ClF3N3O4S/c1-19(17,18)13-6-4(14(15)16)2-3(5(8)12-6)7(9,10)11/h2H,1H3,(H,12,13). The van der Waals surface area contributed by atoms with E-state index in [9.17, 15) is 31.7 Å². The van der Waals surface area contributed by atoms with E-state index >= 15 is 0 Å². The minimum Gasteiger partial charge on any atom is -0.262 e. The van der Waals surface area contributed by atoms with Gasteiger partial charge in [-0.1, -0.05) is 11.6 Å². The third-order valence-corrected chi connectivity index (χ3v) is 2.59. The van der Waals surface area contributed by atoms with Gasteiger partial charge in [0, 0.05) is 6.07 Å². The highest BCUT2D eigenvalue weighted by molar-refractivity contribution is 7.92. The van der Waals surface area contributed by atoms with Crippen LogP contribution in [-0.4, -0.2) is 24.6 Å². The zero-order valence-corrected chi connectivity index (χ0v) is 10.6. The number of hydrogen-bond acceptors (Lipinski definition) is 5. The highest BCUT2D eigenvalue weighted by Crippen LogP contribution is 2.38. The van der Waals surface area contributed by atoms with E-state index in [1.165, 1.54) is 0 Å². The highest BCUT2D eigenvalue weighted by atomic mass is 35.5. The molecule has 0 bridgehead atoms. The fourth-order valence-electron chi connectivity index (χ4n) is 1.07. The Kier molecular flexibility index (Phi) is 3.91. The second-order valence-corrected chi connectivity index (χ2v) is 5.43. The number of anilines is 1. The van der Waals surface area contributed by atoms with E-state index in [1.807, 2.05) is 0 Å². The van der Waals surface area contributed by atoms with Gasteiger partial charge in [-0.3, -0.25) is 14.8 Å². The minimum absolute atomic E-state index is 0.114. The van der Waals surface area contributed by atoms with Crippen molar-refractivity contribution < 1.29 is 26.5 Å². The first-order valence-corrected chi connectivity index (χ1v) is 6.58. The Morgan fingerprint density at radius 3 is 2.37 bits per heavy atom. The van der Waals surface area contributed by atoms with E-state index in [-0.39, 0.29) is 6.07 Å². The Morgan fingerprint density at radius 2 is 2.00 bits per heavy atom. The molecule has 19 heavy (non-hydrogen) atoms. The Balaban J connectivity index is 3.51. The average molecular weight is 320 g/mol. The topological polar surface area (TPSA) is 102 Å². The third-order valence-electron chi connectivity index (χ3n) is 1.74. The number of aromatic nitrogens is 1. The molecule has 0 aromatic carbocycles. The Bertz CT molecular complexity index is 631. The Hall–Kier alpha value is -1.62. The molecule has 7 nitrogen and oxygen atoms in total. The molecule has 0 fully saturated rings. The molecule has 1 N–H and O–H groups in total. The van der Waals surface area contributed by atoms with Crippen LogP contribution >= 0.6 is 11.6 Å². The largest absolute Gasteiger partial charge is 0.419 e. The Labute approximate surface area is 109 Å². The molecule has 0 spiro atoms. The second-order valence-electron chi connectivity index (χ2n) is 3.32. The molecule has 0 aliphatic heterocycles. The van der Waals surface area contributed by atoms with Gasteiger partial charge >= 0.3 is 11.9 Å². The number of sulfonamides is 1. The number of hydrogen-bond donors (Lipinski definition) is 1. The van der Waals surface area contributed by atoms with Crippen LogP contribution in [0.3, 0.4) is 0 Å². The van der Waals surface area contributed by atoms with Crippen LogP contribution in [0.15, 0.2) is 6.07 Å². The molecule has 0 unspecified atom stereocenters. The van der Waals surface area contributed by atoms with Crippen LogP contribution in [0.1, 0.15) is 5.56 Å². The van der Waals surface area contributed by atoms with Crippen LogP contribution in [0.5, 0.6) is 0 Å². The van der Waals surface area contributed by atoms with Gasteiger partial charge in [-0.15, -0.1) is 0 Å². The molecular formula is C7H5ClF3N3O4S. The van der Waals surface area contributed by atoms with Crippen LogP contribution in [-0.2, 0) is 16.2 Å². The molecule has 0 saturated carbocycles. The van der Waals surface area contributed by atoms with Gasteiger partial charge in [0.1, 0.15) is 5.15 Å². The lowest BCUT2D eigenvalue weighted by molar-refractivity contribution is -0.384. The van der Waals surface area contributed by atoms with E-state index in [4.69, 9.17) is 11.6 Å². The van der Waals surface area contributed by atoms with Crippen molar-refractivity contribution in [1.82, 2.24) is 4.98 Å². The molecule has 1 heterocycles. The number of nitrogens with one attached hydrogen (secondary N) is 1. The molecule has 0 aliphatic rings. The van der Waals surface area contributed by atoms with E-state index in [1.54, 1.807) is 4.72 Å². The number of halogens is 4. The molecule has 0 radical (unpaired) electrons. The van der Waals surface area contributed by atoms with Crippen molar-refractivity contribution in [2.45, 2.75) is 6.18 Å². The predicted octanol–water partition coefficient (Wildman–Crippen LogP) is 2.03. The number of alkyl halides is 3. The number of nitro groups is 1. The van der Waals surface area contributed by atoms with Crippen molar-refractivity contribution in [3.05, 3.63) is 26.9 Å². The molecule has 0 atom stereocenters. The highest BCUT2D eigenvalue weighted by Gasteiger charge is 2.37. The van der Waals surface area contributed by atoms with E-state index in [0.29, 0.717) is 6.26 Å². The van der Waals surface area contributed by atoms with Gasteiger partial charge in [0.05, 0.1) is 16.7 Å². The SMILES string of the molecule is CS(=O)(=O)Nc1nc(Cl)c(C(F)(F)F)cc1[N+](=O)[O-]. The molecule has 12 heteroatoms. The fraction of sp³-hybridized carbons (Fsp3) is 0.286. The zero-order chi connectivity index (χ0) is 15.0. The molecule has 106 valence electrons. The molecule has 0 aliphatic carbocycles. The van der Waals surface area contributed by atoms with Gasteiger partial charge in [-0.25, -0.2) is 13.4 Å². The summed E-state index contributed by atoms with van der Waals surface area (Å²) < 4.78 is 60.9. The van der Waals surface area contributed by atoms with Gasteiger partial charge in [0.15, 0.2) is 0 Å². The first kappa shape index (κ1) is 15.4. The summed E-state index contributed by atoms with van der Waals surface area (Å²) >= 11 is 5.23. The lowest BCUT2D eigenvalue weighted by atomic mass is 10.2. The maximum atomic E-state index is 12.5. The summed E-state index contributed by atoms with van der Waals surface area (Å²) in [5.41, 5.74) is -2.68. The van der Waals surface area contributed by atoms with Crippen LogP contribution in [0.2, 0.25) is 5.15 Å². The quantitative estimate of drug-likeness (QED) is 0.521. The van der Waals surface area contributed by atoms with Crippen LogP contribution in [0, 0.1) is 10.1 Å². The van der Waals surface area contributed by atoms with Crippen LogP contribution in [0.25, 0.3) is 0 Å². The first-order valence-electron chi connectivity index (χ1n) is 4.31. The van der Waals surface area contributed by atoms with Gasteiger partial charge in [0.2, 0.25) is 15.8 Å². The monoisotopic (exact) mass is 319 g/mol. The van der Waals surface area contributed by atoms with E-state index in [0.717, 1.165) is 0 Å². The summed E-state index contributed by atoms with van der Waals surface area (Å²) in [6.45, 7) is 0. The van der Waals surface area contributed by atoms with Crippen molar-refractivity contribution in [3.8, 4) is 0 Å². The molecule has 1 aromatic heterocycles. The summed E-state index contributed by atoms with van der Waals surface area (Å²) in [5, 5.41) is 9.53. The summed E-state index contributed by atoms with van der Waals surface area (Å²) in [5.74, 6) is -0.884. The van der Waals surface area contributed by atoms with Crippen molar-refractivity contribution in [3.63, 3.8) is 0 Å². The summed E-state index contributed by atoms with van der Waals surface area (Å²) in [6, 6.07) is 0.114. The summed E-state index contributed by atoms with van der Waals surface area (Å²) in [4.78, 5) is 12.5. The number of nitrogens with zero attached hydrogens (tertiary/aromatic N) is 2. The van der Waals surface area contributed by atoms with Gasteiger partial charge in [-0.2, -0.15) is 13.2 Å². The molecular weight excluding hydrogens is 315 g/mol. The van der Waals surface area contributed by atoms with Crippen molar-refractivity contribution in [2.75, 3.05) is 11.0 Å². The lowest BCUT2D eigenvalue weighted by Gasteiger charge is -2.10. The number of rotatable bonds is 3. The molecule has 1 aromatic rings. The lowest BCUT2D eigenvalue weighted by Crippen LogP contribution is -2.15. The van der Waals surface area contributed by atoms with Gasteiger partial charge < -0.3 is 0 Å². The third kappa shape index (κ3) is 3.92. The Morgan fingerprint density at radius 1 is 1.47 bits per heavy atom. The summed E-state index contributed by atoms with van der Waals surface area (Å²) in [7, 11) is -3.96. The molecule has 1 rings (SSSR count). The normalized spacial score (nSPS) is 12.3. The van der Waals surface area contributed by atoms with Gasteiger partial charge in [-0.05, 0) is 0 Å². The molecule has 0 saturated heterocycles.